The summed E-state index contributed by atoms with van der Waals surface area (Å²) in [5.41, 5.74) is -2.88. The molecule has 10 aliphatic rings. The van der Waals surface area contributed by atoms with E-state index in [0.29, 0.717) is 43.6 Å². The Morgan fingerprint density at radius 1 is 0.583 bits per heavy atom. The number of aliphatic hydroxyl groups is 1. The van der Waals surface area contributed by atoms with Gasteiger partial charge in [-0.15, -0.1) is 0 Å². The molecule has 1 heterocycles. The van der Waals surface area contributed by atoms with Crippen molar-refractivity contribution >= 4 is 29.8 Å². The van der Waals surface area contributed by atoms with E-state index in [2.05, 4.69) is 34.6 Å². The summed E-state index contributed by atoms with van der Waals surface area (Å²) in [5, 5.41) is 10.6. The number of cyclic esters (lactones) is 1. The van der Waals surface area contributed by atoms with Gasteiger partial charge < -0.3 is 28.8 Å². The number of hydrogen-bond acceptors (Lipinski definition) is 11. The molecule has 0 spiro atoms. The smallest absolute Gasteiger partial charge is 0.347 e. The van der Waals surface area contributed by atoms with Crippen molar-refractivity contribution in [2.75, 3.05) is 6.61 Å². The van der Waals surface area contributed by atoms with Crippen LogP contribution in [0.1, 0.15) is 246 Å². The van der Waals surface area contributed by atoms with E-state index in [9.17, 15) is 29.1 Å². The normalized spacial score (nSPS) is 35.7. The van der Waals surface area contributed by atoms with Crippen molar-refractivity contribution in [3.05, 3.63) is 0 Å². The summed E-state index contributed by atoms with van der Waals surface area (Å²) < 4.78 is 28.0. The zero-order valence-electron chi connectivity index (χ0n) is 48.3. The number of ether oxygens (including phenoxy) is 5. The van der Waals surface area contributed by atoms with Crippen molar-refractivity contribution in [2.45, 2.75) is 274 Å². The lowest BCUT2D eigenvalue weighted by atomic mass is 9.52. The van der Waals surface area contributed by atoms with Crippen LogP contribution in [0.4, 0.5) is 0 Å². The first-order valence-electron chi connectivity index (χ1n) is 29.1. The molecule has 1 saturated heterocycles. The summed E-state index contributed by atoms with van der Waals surface area (Å²) >= 11 is 0. The van der Waals surface area contributed by atoms with Crippen molar-refractivity contribution in [3.63, 3.8) is 0 Å². The predicted octanol–water partition coefficient (Wildman–Crippen LogP) is 13.5. The minimum Gasteiger partial charge on any atom is -0.463 e. The Bertz CT molecular complexity index is 1930. The fraction of sp³-hybridized carbons (Fsp3) is 0.918. The lowest BCUT2D eigenvalue weighted by molar-refractivity contribution is -0.225. The third-order valence-electron chi connectivity index (χ3n) is 21.0. The summed E-state index contributed by atoms with van der Waals surface area (Å²) in [7, 11) is 0. The van der Waals surface area contributed by atoms with Gasteiger partial charge in [0.1, 0.15) is 16.8 Å². The van der Waals surface area contributed by atoms with Crippen molar-refractivity contribution in [1.82, 2.24) is 0 Å². The minimum absolute atomic E-state index is 0.0307. The molecule has 10 unspecified atom stereocenters. The second-order valence-electron chi connectivity index (χ2n) is 28.5. The summed E-state index contributed by atoms with van der Waals surface area (Å²) in [4.78, 5) is 60.0. The number of carbonyl (C=O) groups is 5. The van der Waals surface area contributed by atoms with E-state index in [1.54, 1.807) is 13.8 Å². The van der Waals surface area contributed by atoms with Crippen LogP contribution in [0.3, 0.4) is 0 Å². The molecule has 9 aliphatic carbocycles. The zero-order chi connectivity index (χ0) is 53.7. The average molecular weight is 1010 g/mol. The first-order chi connectivity index (χ1) is 33.3. The standard InChI is InChI=1S/C20H32O2.C16H26O3.C15H28O2.C10H16O4/c1-5-19(3,4)18(21)22-20(6-2)11-14-10-15(20)17-13-8-7-12(9-13)16(14)17;1-4-14(2,3)13(17)19-16-8-11-5-12(9-16)7-15(18,6-11)10-16;1-7-14(5,6)12(16)17-15(13(2,3)4)10-8-9-11-15;1-4-10(2,3)9(12)14-7-5-6-13-8(7)11/h12-17H,5-11H2,1-4H3;11-12,18H,4-10H2,1-3H3;7-11H2,1-6H3;7H,4-6H2,1-3H3. The van der Waals surface area contributed by atoms with Crippen LogP contribution in [0.15, 0.2) is 0 Å². The number of hydrogen-bond donors (Lipinski definition) is 1. The van der Waals surface area contributed by atoms with Gasteiger partial charge in [0.15, 0.2) is 0 Å². The number of fused-ring (bicyclic) bond motifs is 9. The van der Waals surface area contributed by atoms with Gasteiger partial charge in [0, 0.05) is 24.2 Å². The Labute approximate surface area is 436 Å². The van der Waals surface area contributed by atoms with Gasteiger partial charge in [-0.3, -0.25) is 19.2 Å². The Kier molecular flexibility index (Phi) is 17.4. The highest BCUT2D eigenvalue weighted by Gasteiger charge is 2.68. The van der Waals surface area contributed by atoms with E-state index >= 15 is 0 Å². The zero-order valence-corrected chi connectivity index (χ0v) is 48.3. The van der Waals surface area contributed by atoms with E-state index in [0.717, 1.165) is 100 Å². The van der Waals surface area contributed by atoms with Crippen LogP contribution in [0.5, 0.6) is 0 Å². The molecule has 1 N–H and O–H groups in total. The van der Waals surface area contributed by atoms with Gasteiger partial charge in [0.25, 0.3) is 0 Å². The molecule has 0 aromatic carbocycles. The summed E-state index contributed by atoms with van der Waals surface area (Å²) in [5.74, 6) is 5.65. The van der Waals surface area contributed by atoms with E-state index in [1.807, 2.05) is 62.3 Å². The van der Waals surface area contributed by atoms with Crippen molar-refractivity contribution in [2.24, 2.45) is 74.4 Å². The molecule has 0 amide bonds. The second-order valence-corrected chi connectivity index (χ2v) is 28.5. The van der Waals surface area contributed by atoms with Crippen LogP contribution in [0.2, 0.25) is 0 Å². The molecule has 0 aromatic heterocycles. The lowest BCUT2D eigenvalue weighted by Crippen LogP contribution is -2.61. The van der Waals surface area contributed by atoms with Gasteiger partial charge in [-0.1, -0.05) is 55.4 Å². The SMILES string of the molecule is CCC(C)(C)C(=O)OC1(C(C)(C)C)CCCC1.CCC(C)(C)C(=O)OC1(CC)CC2CC1C1C3CCC(C3)C21.CCC(C)(C)C(=O)OC12CC3CC(CC(O)(C3)C1)C2.CCC(C)(C)C(=O)OC1CCOC1=O. The fourth-order valence-corrected chi connectivity index (χ4v) is 14.9. The topological polar surface area (TPSA) is 152 Å². The number of carbonyl (C=O) groups excluding carboxylic acids is 5. The van der Waals surface area contributed by atoms with Crippen molar-refractivity contribution in [3.8, 4) is 0 Å². The Morgan fingerprint density at radius 2 is 1.07 bits per heavy atom. The molecule has 11 heteroatoms. The maximum absolute atomic E-state index is 12.7. The molecule has 10 atom stereocenters. The van der Waals surface area contributed by atoms with Crippen LogP contribution in [-0.4, -0.2) is 70.1 Å². The first-order valence-corrected chi connectivity index (χ1v) is 29.1. The first kappa shape index (κ1) is 58.6. The highest BCUT2D eigenvalue weighted by molar-refractivity contribution is 5.83. The van der Waals surface area contributed by atoms with Gasteiger partial charge >= 0.3 is 29.8 Å². The highest BCUT2D eigenvalue weighted by Crippen LogP contribution is 2.71. The molecule has 11 nitrogen and oxygen atoms in total. The van der Waals surface area contributed by atoms with E-state index in [1.165, 1.54) is 44.9 Å². The lowest BCUT2D eigenvalue weighted by Gasteiger charge is -2.59. The Hall–Kier alpha value is -2.69. The largest absolute Gasteiger partial charge is 0.463 e. The third-order valence-corrected chi connectivity index (χ3v) is 21.0. The Morgan fingerprint density at radius 3 is 1.53 bits per heavy atom. The molecular formula is C61H102O11. The van der Waals surface area contributed by atoms with E-state index < -0.39 is 28.5 Å². The summed E-state index contributed by atoms with van der Waals surface area (Å²) in [6, 6.07) is 0. The quantitative estimate of drug-likeness (QED) is 0.107. The predicted molar refractivity (Wildman–Crippen MR) is 280 cm³/mol. The molecule has 412 valence electrons. The minimum atomic E-state index is -0.687. The van der Waals surface area contributed by atoms with Gasteiger partial charge in [0.05, 0.1) is 33.9 Å². The van der Waals surface area contributed by atoms with Gasteiger partial charge in [-0.2, -0.15) is 0 Å². The second kappa shape index (κ2) is 21.4. The maximum atomic E-state index is 12.7. The van der Waals surface area contributed by atoms with Crippen LogP contribution >= 0.6 is 0 Å². The summed E-state index contributed by atoms with van der Waals surface area (Å²) in [6.45, 7) is 32.7. The molecule has 9 saturated carbocycles. The molecule has 10 fully saturated rings. The van der Waals surface area contributed by atoms with Crippen LogP contribution in [0, 0.1) is 74.4 Å². The molecule has 1 aliphatic heterocycles. The monoisotopic (exact) mass is 1010 g/mol. The molecule has 8 bridgehead atoms. The van der Waals surface area contributed by atoms with Gasteiger partial charge in [-0.25, -0.2) is 4.79 Å². The van der Waals surface area contributed by atoms with Crippen molar-refractivity contribution in [1.29, 1.82) is 0 Å². The van der Waals surface area contributed by atoms with E-state index in [4.69, 9.17) is 23.7 Å². The molecule has 10 rings (SSSR count). The van der Waals surface area contributed by atoms with E-state index in [-0.39, 0.29) is 56.9 Å². The molecule has 0 radical (unpaired) electrons. The third kappa shape index (κ3) is 12.0. The van der Waals surface area contributed by atoms with Gasteiger partial charge in [0.2, 0.25) is 6.10 Å². The van der Waals surface area contributed by atoms with Gasteiger partial charge in [-0.05, 0) is 219 Å². The maximum Gasteiger partial charge on any atom is 0.347 e. The molecule has 0 aromatic rings. The Balaban J connectivity index is 0.000000159. The fourth-order valence-electron chi connectivity index (χ4n) is 14.9. The van der Waals surface area contributed by atoms with Crippen LogP contribution in [-0.2, 0) is 47.7 Å². The number of esters is 5. The summed E-state index contributed by atoms with van der Waals surface area (Å²) in [6.07, 6.45) is 20.9. The van der Waals surface area contributed by atoms with Crippen LogP contribution < -0.4 is 0 Å². The molecule has 72 heavy (non-hydrogen) atoms. The average Bonchev–Trinajstić information content (AvgIpc) is 4.18. The molecular weight excluding hydrogens is 909 g/mol. The number of rotatable bonds is 13. The van der Waals surface area contributed by atoms with Crippen molar-refractivity contribution < 1.29 is 52.8 Å². The highest BCUT2D eigenvalue weighted by atomic mass is 16.6. The van der Waals surface area contributed by atoms with Crippen LogP contribution in [0.25, 0.3) is 0 Å².